The van der Waals surface area contributed by atoms with Gasteiger partial charge in [0.25, 0.3) is 0 Å². The molecule has 0 bridgehead atoms. The summed E-state index contributed by atoms with van der Waals surface area (Å²) in [7, 11) is 0. The fourth-order valence-electron chi connectivity index (χ4n) is 10.5. The van der Waals surface area contributed by atoms with Crippen molar-refractivity contribution in [3.8, 4) is 24.7 Å². The lowest BCUT2D eigenvalue weighted by molar-refractivity contribution is -0.438. The molecule has 4 aromatic rings. The number of carbonyl (C=O) groups is 2. The number of anilines is 1. The van der Waals surface area contributed by atoms with Crippen molar-refractivity contribution in [2.75, 3.05) is 24.7 Å². The van der Waals surface area contributed by atoms with Crippen molar-refractivity contribution >= 4 is 50.6 Å². The molecule has 4 aromatic carbocycles. The van der Waals surface area contributed by atoms with E-state index in [4.69, 9.17) is 22.3 Å². The molecule has 2 heterocycles. The summed E-state index contributed by atoms with van der Waals surface area (Å²) < 4.78 is 13.4. The van der Waals surface area contributed by atoms with Crippen molar-refractivity contribution in [3.63, 3.8) is 0 Å². The van der Waals surface area contributed by atoms with Crippen LogP contribution in [0.4, 0.5) is 11.4 Å². The first-order chi connectivity index (χ1) is 31.6. The summed E-state index contributed by atoms with van der Waals surface area (Å²) in [6.07, 6.45) is 35.8. The van der Waals surface area contributed by atoms with Gasteiger partial charge >= 0.3 is 11.9 Å². The molecular weight excluding hydrogens is 881 g/mol. The smallest absolute Gasteiger partial charge is 0.330 e. The lowest BCUT2D eigenvalue weighted by Gasteiger charge is -2.33. The maximum absolute atomic E-state index is 14.2. The average molecular weight is 954 g/mol. The lowest BCUT2D eigenvalue weighted by atomic mass is 9.79. The van der Waals surface area contributed by atoms with Gasteiger partial charge in [-0.25, -0.2) is 4.79 Å². The normalized spacial score (nSPS) is 15.7. The Bertz CT molecular complexity index is 2460. The second-order valence-electron chi connectivity index (χ2n) is 19.1. The number of terminal acetylenes is 2. The zero-order valence-electron chi connectivity index (χ0n) is 40.4. The Morgan fingerprint density at radius 3 is 1.89 bits per heavy atom. The van der Waals surface area contributed by atoms with Gasteiger partial charge < -0.3 is 31.4 Å². The SMILES string of the molecule is C#CCOC(=O)CCCCCCCCCC[N+]1=C(C=CC=C2N(C(CCCCCCCCC)C(=O)OCC#C)c3ccc4ccccc4c3C2(C)C)C(C)(C)c2c1ccc1ccccc21.[Br-]. The molecule has 2 aliphatic heterocycles. The fourth-order valence-corrected chi connectivity index (χ4v) is 10.5. The molecule has 0 spiro atoms. The van der Waals surface area contributed by atoms with Crippen LogP contribution in [0.15, 0.2) is 96.7 Å². The van der Waals surface area contributed by atoms with Crippen LogP contribution in [0.2, 0.25) is 0 Å². The highest BCUT2D eigenvalue weighted by Crippen LogP contribution is 2.52. The summed E-state index contributed by atoms with van der Waals surface area (Å²) in [5, 5.41) is 4.95. The maximum Gasteiger partial charge on any atom is 0.330 e. The van der Waals surface area contributed by atoms with E-state index in [9.17, 15) is 9.59 Å². The van der Waals surface area contributed by atoms with Crippen molar-refractivity contribution in [3.05, 3.63) is 108 Å². The van der Waals surface area contributed by atoms with Gasteiger partial charge in [0.15, 0.2) is 18.9 Å². The number of carbonyl (C=O) groups excluding carboxylic acids is 2. The minimum absolute atomic E-state index is 0. The van der Waals surface area contributed by atoms with Crippen molar-refractivity contribution in [2.24, 2.45) is 0 Å². The monoisotopic (exact) mass is 952 g/mol. The van der Waals surface area contributed by atoms with Crippen LogP contribution in [0.3, 0.4) is 0 Å². The Hall–Kier alpha value is -5.11. The molecule has 0 amide bonds. The van der Waals surface area contributed by atoms with Crippen LogP contribution in [-0.2, 0) is 29.9 Å². The fraction of sp³-hybridized carbons (Fsp3) is 0.475. The predicted molar refractivity (Wildman–Crippen MR) is 271 cm³/mol. The molecule has 7 heteroatoms. The minimum atomic E-state index is -0.508. The molecule has 1 atom stereocenters. The molecule has 2 aliphatic rings. The Labute approximate surface area is 407 Å². The number of nitrogens with zero attached hydrogens (tertiary/aromatic N) is 2. The molecule has 0 aromatic heterocycles. The highest BCUT2D eigenvalue weighted by molar-refractivity contribution is 6.08. The average Bonchev–Trinajstić information content (AvgIpc) is 3.67. The first-order valence-corrected chi connectivity index (χ1v) is 24.6. The van der Waals surface area contributed by atoms with Gasteiger partial charge in [-0.1, -0.05) is 170 Å². The second kappa shape index (κ2) is 25.1. The van der Waals surface area contributed by atoms with Gasteiger partial charge in [0, 0.05) is 47.3 Å². The van der Waals surface area contributed by atoms with E-state index >= 15 is 0 Å². The Morgan fingerprint density at radius 2 is 1.24 bits per heavy atom. The van der Waals surface area contributed by atoms with Crippen LogP contribution < -0.4 is 21.9 Å². The quantitative estimate of drug-likeness (QED) is 0.0287. The molecule has 6 rings (SSSR count). The molecule has 0 fully saturated rings. The number of allylic oxidation sites excluding steroid dienone is 4. The van der Waals surface area contributed by atoms with Crippen LogP contribution in [0, 0.1) is 24.7 Å². The molecule has 0 radical (unpaired) electrons. The number of halogens is 1. The summed E-state index contributed by atoms with van der Waals surface area (Å²) >= 11 is 0. The summed E-state index contributed by atoms with van der Waals surface area (Å²) in [4.78, 5) is 28.3. The zero-order valence-corrected chi connectivity index (χ0v) is 42.0. The molecule has 350 valence electrons. The molecule has 0 aliphatic carbocycles. The molecule has 6 nitrogen and oxygen atoms in total. The van der Waals surface area contributed by atoms with Gasteiger partial charge in [0.1, 0.15) is 12.6 Å². The number of unbranched alkanes of at least 4 members (excludes halogenated alkanes) is 13. The number of fused-ring (bicyclic) bond motifs is 6. The summed E-state index contributed by atoms with van der Waals surface area (Å²) in [6.45, 7) is 12.5. The number of hydrogen-bond acceptors (Lipinski definition) is 5. The van der Waals surface area contributed by atoms with E-state index in [0.717, 1.165) is 62.9 Å². The Morgan fingerprint density at radius 1 is 0.682 bits per heavy atom. The van der Waals surface area contributed by atoms with Crippen LogP contribution in [0.25, 0.3) is 21.5 Å². The van der Waals surface area contributed by atoms with E-state index in [2.05, 4.69) is 147 Å². The van der Waals surface area contributed by atoms with E-state index in [1.54, 1.807) is 0 Å². The highest BCUT2D eigenvalue weighted by atomic mass is 79.9. The highest BCUT2D eigenvalue weighted by Gasteiger charge is 2.47. The van der Waals surface area contributed by atoms with Crippen LogP contribution >= 0.6 is 0 Å². The molecule has 1 unspecified atom stereocenters. The molecule has 0 saturated heterocycles. The molecule has 0 N–H and O–H groups in total. The van der Waals surface area contributed by atoms with E-state index in [1.807, 2.05) is 0 Å². The molecule has 0 saturated carbocycles. The first kappa shape index (κ1) is 51.9. The number of hydrogen-bond donors (Lipinski definition) is 0. The van der Waals surface area contributed by atoms with E-state index in [-0.39, 0.29) is 47.5 Å². The van der Waals surface area contributed by atoms with Gasteiger partial charge in [0.2, 0.25) is 5.69 Å². The van der Waals surface area contributed by atoms with Gasteiger partial charge in [-0.3, -0.25) is 4.79 Å². The molecule has 66 heavy (non-hydrogen) atoms. The maximum atomic E-state index is 14.2. The Kier molecular flexibility index (Phi) is 19.8. The third kappa shape index (κ3) is 12.3. The molecular formula is C59H73BrN2O4. The summed E-state index contributed by atoms with van der Waals surface area (Å²) in [5.74, 6) is 4.42. The topological polar surface area (TPSA) is 58.9 Å². The van der Waals surface area contributed by atoms with Crippen molar-refractivity contribution in [1.82, 2.24) is 0 Å². The van der Waals surface area contributed by atoms with Crippen molar-refractivity contribution < 1.29 is 40.6 Å². The number of esters is 2. The second-order valence-corrected chi connectivity index (χ2v) is 19.1. The van der Waals surface area contributed by atoms with Crippen molar-refractivity contribution in [2.45, 2.75) is 161 Å². The number of ether oxygens (including phenoxy) is 2. The largest absolute Gasteiger partial charge is 1.00 e. The van der Waals surface area contributed by atoms with Gasteiger partial charge in [-0.15, -0.1) is 12.8 Å². The predicted octanol–water partition coefficient (Wildman–Crippen LogP) is 11.0. The third-order valence-electron chi connectivity index (χ3n) is 13.7. The van der Waals surface area contributed by atoms with E-state index in [0.29, 0.717) is 12.8 Å². The van der Waals surface area contributed by atoms with Crippen LogP contribution in [0.1, 0.15) is 155 Å². The summed E-state index contributed by atoms with van der Waals surface area (Å²) in [6, 6.07) is 25.8. The van der Waals surface area contributed by atoms with E-state index < -0.39 is 11.5 Å². The van der Waals surface area contributed by atoms with Crippen LogP contribution in [-0.4, -0.2) is 48.0 Å². The van der Waals surface area contributed by atoms with Gasteiger partial charge in [-0.05, 0) is 78.4 Å². The number of benzene rings is 4. The Balaban J connectivity index is 0.00000817. The van der Waals surface area contributed by atoms with E-state index in [1.165, 1.54) is 95.4 Å². The van der Waals surface area contributed by atoms with Crippen molar-refractivity contribution in [1.29, 1.82) is 0 Å². The summed E-state index contributed by atoms with van der Waals surface area (Å²) in [5.41, 5.74) is 6.66. The first-order valence-electron chi connectivity index (χ1n) is 24.6. The van der Waals surface area contributed by atoms with Gasteiger partial charge in [0.05, 0.1) is 5.41 Å². The van der Waals surface area contributed by atoms with Crippen LogP contribution in [0.5, 0.6) is 0 Å². The zero-order chi connectivity index (χ0) is 46.2. The standard InChI is InChI=1S/C59H73N2O4.BrH/c1-8-11-12-13-16-19-22-34-51(57(63)65-44-10-3)61-50-41-39-46-31-25-27-33-48(46)56(50)59(6,7)53(61)36-29-35-52-58(4,5)55-47-32-26-24-30-45(47)38-40-49(55)60(52)42-28-21-18-15-14-17-20-23-37-54(62)64-43-9-2;/h2-3,24-27,29-33,35-36,38-41,51H,8,11-23,28,34,37,42-44H2,1,4-7H3;1H/q+1;/p-1. The third-order valence-corrected chi connectivity index (χ3v) is 13.7. The van der Waals surface area contributed by atoms with Gasteiger partial charge in [-0.2, -0.15) is 4.58 Å². The number of rotatable bonds is 25. The lowest BCUT2D eigenvalue weighted by Crippen LogP contribution is -3.00. The minimum Gasteiger partial charge on any atom is -1.00 e.